The van der Waals surface area contributed by atoms with Crippen molar-refractivity contribution in [2.45, 2.75) is 6.43 Å². The van der Waals surface area contributed by atoms with Crippen LogP contribution in [0.1, 0.15) is 10.4 Å². The van der Waals surface area contributed by atoms with Gasteiger partial charge in [-0.2, -0.15) is 0 Å². The molecule has 17 heavy (non-hydrogen) atoms. The molecule has 0 radical (unpaired) electrons. The van der Waals surface area contributed by atoms with Crippen molar-refractivity contribution in [1.29, 1.82) is 0 Å². The monoisotopic (exact) mass is 245 g/mol. The molecule has 2 N–H and O–H groups in total. The second kappa shape index (κ2) is 6.80. The molecule has 0 fully saturated rings. The van der Waals surface area contributed by atoms with Crippen LogP contribution in [0.4, 0.5) is 8.78 Å². The highest BCUT2D eigenvalue weighted by Gasteiger charge is 2.05. The van der Waals surface area contributed by atoms with Gasteiger partial charge in [-0.3, -0.25) is 4.79 Å². The normalized spacial score (nSPS) is 10.5. The van der Waals surface area contributed by atoms with Gasteiger partial charge in [0.25, 0.3) is 12.3 Å². The smallest absolute Gasteiger partial charge is 0.261 e. The van der Waals surface area contributed by atoms with Crippen LogP contribution in [0, 0.1) is 0 Å². The van der Waals surface area contributed by atoms with Gasteiger partial charge in [0.15, 0.2) is 0 Å². The summed E-state index contributed by atoms with van der Waals surface area (Å²) in [6, 6.07) is 5.71. The number of ether oxygens (including phenoxy) is 1. The van der Waals surface area contributed by atoms with Crippen molar-refractivity contribution in [3.8, 4) is 5.75 Å². The zero-order valence-corrected chi connectivity index (χ0v) is 9.03. The summed E-state index contributed by atoms with van der Waals surface area (Å²) in [5.41, 5.74) is 0.386. The predicted molar refractivity (Wildman–Crippen MR) is 57.3 cm³/mol. The van der Waals surface area contributed by atoms with E-state index in [4.69, 9.17) is 5.11 Å². The van der Waals surface area contributed by atoms with E-state index in [2.05, 4.69) is 10.1 Å². The second-order valence-corrected chi connectivity index (χ2v) is 3.27. The maximum atomic E-state index is 11.7. The second-order valence-electron chi connectivity index (χ2n) is 3.27. The van der Waals surface area contributed by atoms with E-state index < -0.39 is 13.0 Å². The van der Waals surface area contributed by atoms with Gasteiger partial charge in [-0.25, -0.2) is 8.78 Å². The summed E-state index contributed by atoms with van der Waals surface area (Å²) in [7, 11) is 0. The Bertz CT molecular complexity index is 354. The minimum absolute atomic E-state index is 0.0359. The molecule has 1 aromatic rings. The van der Waals surface area contributed by atoms with Crippen molar-refractivity contribution in [2.75, 3.05) is 19.8 Å². The van der Waals surface area contributed by atoms with E-state index in [1.165, 1.54) is 24.3 Å². The first kappa shape index (κ1) is 13.4. The Labute approximate surface area is 97.2 Å². The number of aromatic hydroxyl groups is 1. The summed E-state index contributed by atoms with van der Waals surface area (Å²) in [6.45, 7) is -0.435. The first-order valence-electron chi connectivity index (χ1n) is 5.02. The number of nitrogens with one attached hydrogen (secondary N) is 1. The molecule has 0 unspecified atom stereocenters. The van der Waals surface area contributed by atoms with Gasteiger partial charge in [0.1, 0.15) is 12.4 Å². The SMILES string of the molecule is O=C(NCCOCC(F)F)c1ccc(O)cc1. The fourth-order valence-corrected chi connectivity index (χ4v) is 1.12. The van der Waals surface area contributed by atoms with Crippen molar-refractivity contribution in [3.63, 3.8) is 0 Å². The highest BCUT2D eigenvalue weighted by molar-refractivity contribution is 5.94. The third-order valence-corrected chi connectivity index (χ3v) is 1.91. The molecule has 0 spiro atoms. The van der Waals surface area contributed by atoms with E-state index >= 15 is 0 Å². The molecule has 0 aliphatic carbocycles. The van der Waals surface area contributed by atoms with Crippen molar-refractivity contribution in [3.05, 3.63) is 29.8 Å². The zero-order chi connectivity index (χ0) is 12.7. The van der Waals surface area contributed by atoms with Gasteiger partial charge in [0, 0.05) is 12.1 Å². The first-order valence-corrected chi connectivity index (χ1v) is 5.02. The molecule has 0 aliphatic rings. The molecule has 0 aliphatic heterocycles. The third-order valence-electron chi connectivity index (χ3n) is 1.91. The number of benzene rings is 1. The number of phenolic OH excluding ortho intramolecular Hbond substituents is 1. The molecule has 0 saturated carbocycles. The number of phenols is 1. The van der Waals surface area contributed by atoms with Crippen LogP contribution >= 0.6 is 0 Å². The van der Waals surface area contributed by atoms with Gasteiger partial charge in [-0.1, -0.05) is 0 Å². The standard InChI is InChI=1S/C11H13F2NO3/c12-10(13)7-17-6-5-14-11(16)8-1-3-9(15)4-2-8/h1-4,10,15H,5-7H2,(H,14,16). The Hall–Kier alpha value is -1.69. The van der Waals surface area contributed by atoms with Crippen LogP contribution in [-0.2, 0) is 4.74 Å². The molecular formula is C11H13F2NO3. The van der Waals surface area contributed by atoms with Gasteiger partial charge in [0.05, 0.1) is 6.61 Å². The van der Waals surface area contributed by atoms with E-state index in [-0.39, 0.29) is 24.8 Å². The summed E-state index contributed by atoms with van der Waals surface area (Å²) in [6.07, 6.45) is -2.50. The molecule has 0 atom stereocenters. The number of halogens is 2. The van der Waals surface area contributed by atoms with Crippen molar-refractivity contribution in [1.82, 2.24) is 5.32 Å². The molecule has 1 aromatic carbocycles. The summed E-state index contributed by atoms with van der Waals surface area (Å²) in [5.74, 6) is -0.271. The molecule has 0 heterocycles. The minimum atomic E-state index is -2.50. The molecule has 6 heteroatoms. The molecule has 4 nitrogen and oxygen atoms in total. The number of hydrogen-bond donors (Lipinski definition) is 2. The predicted octanol–water partition coefficient (Wildman–Crippen LogP) is 1.40. The van der Waals surface area contributed by atoms with Crippen molar-refractivity contribution in [2.24, 2.45) is 0 Å². The highest BCUT2D eigenvalue weighted by atomic mass is 19.3. The van der Waals surface area contributed by atoms with E-state index in [0.29, 0.717) is 5.56 Å². The number of carbonyl (C=O) groups excluding carboxylic acids is 1. The van der Waals surface area contributed by atoms with Crippen LogP contribution in [0.25, 0.3) is 0 Å². The Morgan fingerprint density at radius 1 is 1.35 bits per heavy atom. The number of hydrogen-bond acceptors (Lipinski definition) is 3. The quantitative estimate of drug-likeness (QED) is 0.745. The lowest BCUT2D eigenvalue weighted by atomic mass is 10.2. The van der Waals surface area contributed by atoms with Crippen LogP contribution in [-0.4, -0.2) is 37.2 Å². The van der Waals surface area contributed by atoms with E-state index in [0.717, 1.165) is 0 Å². The largest absolute Gasteiger partial charge is 0.508 e. The third kappa shape index (κ3) is 5.26. The Balaban J connectivity index is 2.23. The lowest BCUT2D eigenvalue weighted by Gasteiger charge is -2.06. The Morgan fingerprint density at radius 3 is 2.59 bits per heavy atom. The van der Waals surface area contributed by atoms with Crippen LogP contribution in [0.2, 0.25) is 0 Å². The van der Waals surface area contributed by atoms with Crippen LogP contribution in [0.15, 0.2) is 24.3 Å². The van der Waals surface area contributed by atoms with Crippen molar-refractivity contribution < 1.29 is 23.4 Å². The maximum absolute atomic E-state index is 11.7. The Kier molecular flexibility index (Phi) is 5.35. The fraction of sp³-hybridized carbons (Fsp3) is 0.364. The number of rotatable bonds is 6. The van der Waals surface area contributed by atoms with Gasteiger partial charge in [0.2, 0.25) is 0 Å². The first-order chi connectivity index (χ1) is 8.09. The average molecular weight is 245 g/mol. The Morgan fingerprint density at radius 2 is 2.00 bits per heavy atom. The average Bonchev–Trinajstić information content (AvgIpc) is 2.29. The van der Waals surface area contributed by atoms with Crippen LogP contribution < -0.4 is 5.32 Å². The summed E-state index contributed by atoms with van der Waals surface area (Å²) >= 11 is 0. The van der Waals surface area contributed by atoms with Gasteiger partial charge in [-0.15, -0.1) is 0 Å². The number of alkyl halides is 2. The lowest BCUT2D eigenvalue weighted by molar-refractivity contribution is 0.0188. The molecule has 94 valence electrons. The van der Waals surface area contributed by atoms with Crippen LogP contribution in [0.3, 0.4) is 0 Å². The topological polar surface area (TPSA) is 58.6 Å². The highest BCUT2D eigenvalue weighted by Crippen LogP contribution is 2.09. The van der Waals surface area contributed by atoms with E-state index in [1.54, 1.807) is 0 Å². The molecule has 1 rings (SSSR count). The summed E-state index contributed by atoms with van der Waals surface area (Å²) in [5, 5.41) is 11.5. The van der Waals surface area contributed by atoms with E-state index in [1.807, 2.05) is 0 Å². The van der Waals surface area contributed by atoms with Crippen LogP contribution in [0.5, 0.6) is 5.75 Å². The molecule has 0 aromatic heterocycles. The summed E-state index contributed by atoms with van der Waals surface area (Å²) in [4.78, 5) is 11.5. The number of amides is 1. The maximum Gasteiger partial charge on any atom is 0.261 e. The minimum Gasteiger partial charge on any atom is -0.508 e. The fourth-order valence-electron chi connectivity index (χ4n) is 1.12. The van der Waals surface area contributed by atoms with Gasteiger partial charge < -0.3 is 15.2 Å². The van der Waals surface area contributed by atoms with Gasteiger partial charge in [-0.05, 0) is 24.3 Å². The molecule has 0 bridgehead atoms. The summed E-state index contributed by atoms with van der Waals surface area (Å²) < 4.78 is 28.0. The zero-order valence-electron chi connectivity index (χ0n) is 9.03. The molecule has 0 saturated heterocycles. The molecule has 1 amide bonds. The van der Waals surface area contributed by atoms with E-state index in [9.17, 15) is 13.6 Å². The van der Waals surface area contributed by atoms with Crippen molar-refractivity contribution >= 4 is 5.91 Å². The van der Waals surface area contributed by atoms with Gasteiger partial charge >= 0.3 is 0 Å². The molecular weight excluding hydrogens is 232 g/mol. The number of carbonyl (C=O) groups is 1. The lowest BCUT2D eigenvalue weighted by Crippen LogP contribution is -2.27.